The van der Waals surface area contributed by atoms with Crippen LogP contribution in [0.4, 0.5) is 15.8 Å². The Balaban J connectivity index is 1.86. The molecule has 1 aliphatic heterocycles. The highest BCUT2D eigenvalue weighted by molar-refractivity contribution is 6.03. The minimum atomic E-state index is -0.891. The number of halogens is 1. The van der Waals surface area contributed by atoms with E-state index < -0.39 is 22.7 Å². The molecule has 2 amide bonds. The molecule has 3 rings (SSSR count). The van der Waals surface area contributed by atoms with Gasteiger partial charge < -0.3 is 10.2 Å². The second-order valence-corrected chi connectivity index (χ2v) is 6.98. The summed E-state index contributed by atoms with van der Waals surface area (Å²) in [5.74, 6) is -1.98. The molecule has 0 spiro atoms. The molecule has 0 aliphatic carbocycles. The molecule has 7 nitrogen and oxygen atoms in total. The summed E-state index contributed by atoms with van der Waals surface area (Å²) in [5, 5.41) is 13.7. The lowest BCUT2D eigenvalue weighted by atomic mass is 10.0. The minimum Gasteiger partial charge on any atom is -0.340 e. The Morgan fingerprint density at radius 2 is 1.93 bits per heavy atom. The predicted octanol–water partition coefficient (Wildman–Crippen LogP) is 3.08. The highest BCUT2D eigenvalue weighted by atomic mass is 19.1. The second-order valence-electron chi connectivity index (χ2n) is 6.98. The van der Waals surface area contributed by atoms with Crippen LogP contribution in [0, 0.1) is 21.8 Å². The zero-order valence-corrected chi connectivity index (χ0v) is 15.5. The Kier molecular flexibility index (Phi) is 5.39. The molecular formula is C20H20FN3O4. The molecular weight excluding hydrogens is 365 g/mol. The highest BCUT2D eigenvalue weighted by Gasteiger charge is 2.34. The lowest BCUT2D eigenvalue weighted by molar-refractivity contribution is -0.384. The van der Waals surface area contributed by atoms with E-state index in [-0.39, 0.29) is 23.1 Å². The SMILES string of the molecule is CC(C)[C@@H](NC(=O)c1ccccc1F)C(=O)N1CCc2ccc([N+](=O)[O-])cc21. The third-order valence-electron chi connectivity index (χ3n) is 4.78. The van der Waals surface area contributed by atoms with Gasteiger partial charge in [0.05, 0.1) is 16.2 Å². The van der Waals surface area contributed by atoms with Crippen LogP contribution in [-0.4, -0.2) is 29.3 Å². The van der Waals surface area contributed by atoms with E-state index in [1.54, 1.807) is 26.0 Å². The first kappa shape index (κ1) is 19.5. The van der Waals surface area contributed by atoms with Gasteiger partial charge in [0.2, 0.25) is 5.91 Å². The Labute approximate surface area is 161 Å². The molecule has 0 saturated carbocycles. The first-order valence-electron chi connectivity index (χ1n) is 8.93. The Bertz CT molecular complexity index is 945. The topological polar surface area (TPSA) is 92.6 Å². The lowest BCUT2D eigenvalue weighted by Gasteiger charge is -2.27. The Hall–Kier alpha value is -3.29. The summed E-state index contributed by atoms with van der Waals surface area (Å²) >= 11 is 0. The van der Waals surface area contributed by atoms with Crippen molar-refractivity contribution in [1.29, 1.82) is 0 Å². The molecule has 2 aromatic rings. The third kappa shape index (κ3) is 3.71. The van der Waals surface area contributed by atoms with Crippen molar-refractivity contribution in [2.45, 2.75) is 26.3 Å². The summed E-state index contributed by atoms with van der Waals surface area (Å²) < 4.78 is 13.9. The summed E-state index contributed by atoms with van der Waals surface area (Å²) in [6.07, 6.45) is 0.575. The largest absolute Gasteiger partial charge is 0.340 e. The molecule has 1 atom stereocenters. The number of non-ortho nitro benzene ring substituents is 1. The number of hydrogen-bond acceptors (Lipinski definition) is 4. The van der Waals surface area contributed by atoms with E-state index in [0.717, 1.165) is 5.56 Å². The van der Waals surface area contributed by atoms with Gasteiger partial charge in [-0.25, -0.2) is 4.39 Å². The minimum absolute atomic E-state index is 0.102. The molecule has 2 aromatic carbocycles. The van der Waals surface area contributed by atoms with Crippen LogP contribution in [0.3, 0.4) is 0 Å². The number of amides is 2. The van der Waals surface area contributed by atoms with Gasteiger partial charge in [-0.15, -0.1) is 0 Å². The molecule has 28 heavy (non-hydrogen) atoms. The van der Waals surface area contributed by atoms with E-state index in [2.05, 4.69) is 5.32 Å². The Morgan fingerprint density at radius 3 is 2.57 bits per heavy atom. The highest BCUT2D eigenvalue weighted by Crippen LogP contribution is 2.32. The normalized spacial score (nSPS) is 13.9. The number of hydrogen-bond donors (Lipinski definition) is 1. The van der Waals surface area contributed by atoms with Gasteiger partial charge in [-0.05, 0) is 30.0 Å². The van der Waals surface area contributed by atoms with Gasteiger partial charge >= 0.3 is 0 Å². The summed E-state index contributed by atoms with van der Waals surface area (Å²) in [7, 11) is 0. The third-order valence-corrected chi connectivity index (χ3v) is 4.78. The van der Waals surface area contributed by atoms with Crippen LogP contribution in [0.25, 0.3) is 0 Å². The van der Waals surface area contributed by atoms with Crippen molar-refractivity contribution in [2.75, 3.05) is 11.4 Å². The monoisotopic (exact) mass is 385 g/mol. The molecule has 8 heteroatoms. The van der Waals surface area contributed by atoms with Crippen molar-refractivity contribution in [3.63, 3.8) is 0 Å². The van der Waals surface area contributed by atoms with Crippen LogP contribution >= 0.6 is 0 Å². The van der Waals surface area contributed by atoms with E-state index in [9.17, 15) is 24.1 Å². The molecule has 0 saturated heterocycles. The molecule has 146 valence electrons. The molecule has 0 unspecified atom stereocenters. The van der Waals surface area contributed by atoms with Crippen molar-refractivity contribution in [1.82, 2.24) is 5.32 Å². The summed E-state index contributed by atoms with van der Waals surface area (Å²) in [4.78, 5) is 37.6. The number of nitrogens with one attached hydrogen (secondary N) is 1. The van der Waals surface area contributed by atoms with Crippen molar-refractivity contribution in [2.24, 2.45) is 5.92 Å². The lowest BCUT2D eigenvalue weighted by Crippen LogP contribution is -2.51. The fraction of sp³-hybridized carbons (Fsp3) is 0.300. The van der Waals surface area contributed by atoms with Crippen molar-refractivity contribution in [3.8, 4) is 0 Å². The predicted molar refractivity (Wildman–Crippen MR) is 102 cm³/mol. The zero-order valence-electron chi connectivity index (χ0n) is 15.5. The first-order chi connectivity index (χ1) is 13.3. The van der Waals surface area contributed by atoms with E-state index in [1.807, 2.05) is 0 Å². The van der Waals surface area contributed by atoms with Crippen LogP contribution in [0.1, 0.15) is 29.8 Å². The van der Waals surface area contributed by atoms with Crippen LogP contribution in [0.5, 0.6) is 0 Å². The molecule has 0 fully saturated rings. The van der Waals surface area contributed by atoms with E-state index in [1.165, 1.54) is 35.2 Å². The maximum Gasteiger partial charge on any atom is 0.271 e. The maximum absolute atomic E-state index is 13.9. The molecule has 0 bridgehead atoms. The van der Waals surface area contributed by atoms with Crippen LogP contribution < -0.4 is 10.2 Å². The number of nitrogens with zero attached hydrogens (tertiary/aromatic N) is 2. The van der Waals surface area contributed by atoms with Gasteiger partial charge in [-0.3, -0.25) is 19.7 Å². The quantitative estimate of drug-likeness (QED) is 0.632. The fourth-order valence-corrected chi connectivity index (χ4v) is 3.26. The van der Waals surface area contributed by atoms with E-state index in [0.29, 0.717) is 18.7 Å². The number of carbonyl (C=O) groups excluding carboxylic acids is 2. The first-order valence-corrected chi connectivity index (χ1v) is 8.93. The standard InChI is InChI=1S/C20H20FN3O4/c1-12(2)18(22-19(25)15-5-3-4-6-16(15)21)20(26)23-10-9-13-7-8-14(24(27)28)11-17(13)23/h3-8,11-12,18H,9-10H2,1-2H3,(H,22,25)/t18-/m1/s1. The number of fused-ring (bicyclic) bond motifs is 1. The zero-order chi connectivity index (χ0) is 20.4. The number of anilines is 1. The fourth-order valence-electron chi connectivity index (χ4n) is 3.26. The van der Waals surface area contributed by atoms with Gasteiger partial charge in [-0.1, -0.05) is 32.0 Å². The smallest absolute Gasteiger partial charge is 0.271 e. The number of nitro groups is 1. The van der Waals surface area contributed by atoms with Gasteiger partial charge in [0.15, 0.2) is 0 Å². The van der Waals surface area contributed by atoms with E-state index >= 15 is 0 Å². The van der Waals surface area contributed by atoms with Crippen LogP contribution in [0.2, 0.25) is 0 Å². The average Bonchev–Trinajstić information content (AvgIpc) is 3.08. The second kappa shape index (κ2) is 7.75. The average molecular weight is 385 g/mol. The number of carbonyl (C=O) groups is 2. The van der Waals surface area contributed by atoms with Crippen molar-refractivity contribution in [3.05, 3.63) is 69.5 Å². The maximum atomic E-state index is 13.9. The van der Waals surface area contributed by atoms with Gasteiger partial charge in [0.25, 0.3) is 11.6 Å². The summed E-state index contributed by atoms with van der Waals surface area (Å²) in [6.45, 7) is 3.91. The van der Waals surface area contributed by atoms with Gasteiger partial charge in [0.1, 0.15) is 11.9 Å². The summed E-state index contributed by atoms with van der Waals surface area (Å²) in [5.41, 5.74) is 1.07. The van der Waals surface area contributed by atoms with E-state index in [4.69, 9.17) is 0 Å². The molecule has 1 heterocycles. The van der Waals surface area contributed by atoms with Crippen LogP contribution in [-0.2, 0) is 11.2 Å². The van der Waals surface area contributed by atoms with Crippen molar-refractivity contribution >= 4 is 23.2 Å². The molecule has 0 radical (unpaired) electrons. The Morgan fingerprint density at radius 1 is 1.21 bits per heavy atom. The number of benzene rings is 2. The van der Waals surface area contributed by atoms with Gasteiger partial charge in [-0.2, -0.15) is 0 Å². The summed E-state index contributed by atoms with van der Waals surface area (Å²) in [6, 6.07) is 9.08. The number of nitro benzene ring substituents is 1. The van der Waals surface area contributed by atoms with Crippen molar-refractivity contribution < 1.29 is 18.9 Å². The van der Waals surface area contributed by atoms with Crippen LogP contribution in [0.15, 0.2) is 42.5 Å². The van der Waals surface area contributed by atoms with Gasteiger partial charge in [0, 0.05) is 18.7 Å². The molecule has 1 aliphatic rings. The molecule has 1 N–H and O–H groups in total. The number of rotatable bonds is 5. The molecule has 0 aromatic heterocycles.